The number of carbonyl (C=O) groups is 1. The van der Waals surface area contributed by atoms with Crippen LogP contribution in [0.1, 0.15) is 32.3 Å². The zero-order valence-corrected chi connectivity index (χ0v) is 11.8. The minimum atomic E-state index is -3.67. The molecule has 1 aromatic rings. The molecule has 1 aromatic carbocycles. The maximum absolute atomic E-state index is 12.1. The summed E-state index contributed by atoms with van der Waals surface area (Å²) in [5, 5.41) is -1.19. The summed E-state index contributed by atoms with van der Waals surface area (Å²) >= 11 is 0. The molecular formula is C13H18O4S. The number of hydrogen-bond donors (Lipinski definition) is 0. The van der Waals surface area contributed by atoms with Gasteiger partial charge in [-0.05, 0) is 30.5 Å². The van der Waals surface area contributed by atoms with Crippen molar-refractivity contribution in [3.05, 3.63) is 29.8 Å². The fourth-order valence-corrected chi connectivity index (χ4v) is 2.81. The number of benzene rings is 1. The third-order valence-corrected chi connectivity index (χ3v) is 4.93. The monoisotopic (exact) mass is 270 g/mol. The summed E-state index contributed by atoms with van der Waals surface area (Å²) in [6, 6.07) is 6.59. The molecule has 0 bridgehead atoms. The molecule has 0 spiro atoms. The number of esters is 1. The zero-order valence-electron chi connectivity index (χ0n) is 11.0. The van der Waals surface area contributed by atoms with Crippen molar-refractivity contribution >= 4 is 15.8 Å². The van der Waals surface area contributed by atoms with Crippen molar-refractivity contribution in [2.24, 2.45) is 0 Å². The highest BCUT2D eigenvalue weighted by Gasteiger charge is 2.30. The number of methoxy groups -OCH3 is 1. The summed E-state index contributed by atoms with van der Waals surface area (Å²) in [7, 11) is -2.49. The van der Waals surface area contributed by atoms with E-state index in [-0.39, 0.29) is 4.90 Å². The zero-order chi connectivity index (χ0) is 13.9. The number of sulfone groups is 1. The summed E-state index contributed by atoms with van der Waals surface area (Å²) in [6.07, 6.45) is 0. The van der Waals surface area contributed by atoms with Gasteiger partial charge in [-0.1, -0.05) is 26.0 Å². The van der Waals surface area contributed by atoms with Crippen LogP contribution < -0.4 is 0 Å². The van der Waals surface area contributed by atoms with Gasteiger partial charge in [-0.25, -0.2) is 8.42 Å². The second kappa shape index (κ2) is 5.52. The Labute approximate surface area is 108 Å². The molecule has 4 nitrogen and oxygen atoms in total. The largest absolute Gasteiger partial charge is 0.468 e. The van der Waals surface area contributed by atoms with Gasteiger partial charge in [0.2, 0.25) is 0 Å². The van der Waals surface area contributed by atoms with Crippen molar-refractivity contribution in [3.63, 3.8) is 0 Å². The van der Waals surface area contributed by atoms with Gasteiger partial charge >= 0.3 is 5.97 Å². The molecule has 0 heterocycles. The molecule has 0 aliphatic carbocycles. The molecule has 5 heteroatoms. The van der Waals surface area contributed by atoms with Crippen LogP contribution in [0.15, 0.2) is 29.2 Å². The number of hydrogen-bond acceptors (Lipinski definition) is 4. The summed E-state index contributed by atoms with van der Waals surface area (Å²) in [5.74, 6) is -0.414. The Morgan fingerprint density at radius 3 is 2.00 bits per heavy atom. The standard InChI is InChI=1S/C13H18O4S/c1-9(2)11-5-7-12(8-6-11)18(15,16)10(3)13(14)17-4/h5-10H,1-4H3. The van der Waals surface area contributed by atoms with E-state index in [2.05, 4.69) is 4.74 Å². The molecule has 0 radical (unpaired) electrons. The van der Waals surface area contributed by atoms with Gasteiger partial charge in [0.1, 0.15) is 0 Å². The maximum Gasteiger partial charge on any atom is 0.324 e. The van der Waals surface area contributed by atoms with E-state index in [4.69, 9.17) is 0 Å². The second-order valence-electron chi connectivity index (χ2n) is 4.43. The summed E-state index contributed by atoms with van der Waals surface area (Å²) in [5.41, 5.74) is 1.06. The summed E-state index contributed by atoms with van der Waals surface area (Å²) < 4.78 is 28.7. The van der Waals surface area contributed by atoms with Crippen LogP contribution in [0.4, 0.5) is 0 Å². The average Bonchev–Trinajstić information content (AvgIpc) is 2.36. The minimum Gasteiger partial charge on any atom is -0.468 e. The fourth-order valence-electron chi connectivity index (χ4n) is 1.54. The molecule has 100 valence electrons. The first kappa shape index (κ1) is 14.7. The molecule has 1 unspecified atom stereocenters. The maximum atomic E-state index is 12.1. The lowest BCUT2D eigenvalue weighted by Gasteiger charge is -2.12. The van der Waals surface area contributed by atoms with Gasteiger partial charge < -0.3 is 4.74 Å². The Hall–Kier alpha value is -1.36. The van der Waals surface area contributed by atoms with E-state index in [1.165, 1.54) is 26.2 Å². The minimum absolute atomic E-state index is 0.143. The second-order valence-corrected chi connectivity index (χ2v) is 6.70. The predicted molar refractivity (Wildman–Crippen MR) is 69.2 cm³/mol. The smallest absolute Gasteiger partial charge is 0.324 e. The number of rotatable bonds is 4. The Morgan fingerprint density at radius 1 is 1.11 bits per heavy atom. The van der Waals surface area contributed by atoms with Gasteiger partial charge in [0, 0.05) is 0 Å². The summed E-state index contributed by atoms with van der Waals surface area (Å²) in [4.78, 5) is 11.4. The molecule has 0 amide bonds. The van der Waals surface area contributed by atoms with Crippen molar-refractivity contribution < 1.29 is 17.9 Å². The van der Waals surface area contributed by atoms with E-state index >= 15 is 0 Å². The quantitative estimate of drug-likeness (QED) is 0.786. The van der Waals surface area contributed by atoms with Crippen LogP contribution in [-0.4, -0.2) is 26.7 Å². The van der Waals surface area contributed by atoms with Crippen LogP contribution in [0.3, 0.4) is 0 Å². The van der Waals surface area contributed by atoms with Crippen LogP contribution in [0.25, 0.3) is 0 Å². The first-order valence-electron chi connectivity index (χ1n) is 5.72. The third-order valence-electron chi connectivity index (χ3n) is 2.87. The predicted octanol–water partition coefficient (Wildman–Crippen LogP) is 2.15. The van der Waals surface area contributed by atoms with E-state index < -0.39 is 21.1 Å². The van der Waals surface area contributed by atoms with Crippen molar-refractivity contribution in [2.75, 3.05) is 7.11 Å². The first-order chi connectivity index (χ1) is 8.30. The SMILES string of the molecule is COC(=O)C(C)S(=O)(=O)c1ccc(C(C)C)cc1. The van der Waals surface area contributed by atoms with Gasteiger partial charge in [-0.2, -0.15) is 0 Å². The van der Waals surface area contributed by atoms with E-state index in [0.29, 0.717) is 5.92 Å². The Balaban J connectivity index is 3.10. The van der Waals surface area contributed by atoms with Gasteiger partial charge in [0.05, 0.1) is 12.0 Å². The molecule has 0 saturated carbocycles. The van der Waals surface area contributed by atoms with Crippen LogP contribution in [0.5, 0.6) is 0 Å². The van der Waals surface area contributed by atoms with Crippen LogP contribution in [0, 0.1) is 0 Å². The summed E-state index contributed by atoms with van der Waals surface area (Å²) in [6.45, 7) is 5.39. The lowest BCUT2D eigenvalue weighted by atomic mass is 10.0. The number of carbonyl (C=O) groups excluding carboxylic acids is 1. The first-order valence-corrected chi connectivity index (χ1v) is 7.27. The van der Waals surface area contributed by atoms with Crippen molar-refractivity contribution in [1.82, 2.24) is 0 Å². The van der Waals surface area contributed by atoms with Gasteiger partial charge in [-0.15, -0.1) is 0 Å². The number of ether oxygens (including phenoxy) is 1. The Bertz CT molecular complexity index is 514. The fraction of sp³-hybridized carbons (Fsp3) is 0.462. The highest BCUT2D eigenvalue weighted by atomic mass is 32.2. The van der Waals surface area contributed by atoms with Gasteiger partial charge in [-0.3, -0.25) is 4.79 Å². The van der Waals surface area contributed by atoms with Crippen molar-refractivity contribution in [1.29, 1.82) is 0 Å². The molecule has 0 aliphatic rings. The molecule has 1 rings (SSSR count). The van der Waals surface area contributed by atoms with Crippen LogP contribution in [-0.2, 0) is 19.4 Å². The Kier molecular flexibility index (Phi) is 4.51. The van der Waals surface area contributed by atoms with Gasteiger partial charge in [0.25, 0.3) is 0 Å². The molecule has 0 N–H and O–H groups in total. The average molecular weight is 270 g/mol. The lowest BCUT2D eigenvalue weighted by Crippen LogP contribution is -2.28. The van der Waals surface area contributed by atoms with Crippen LogP contribution in [0.2, 0.25) is 0 Å². The topological polar surface area (TPSA) is 60.4 Å². The molecule has 0 fully saturated rings. The van der Waals surface area contributed by atoms with Gasteiger partial charge in [0.15, 0.2) is 15.1 Å². The van der Waals surface area contributed by atoms with E-state index in [1.54, 1.807) is 12.1 Å². The lowest BCUT2D eigenvalue weighted by molar-refractivity contribution is -0.139. The molecule has 0 saturated heterocycles. The molecule has 0 aromatic heterocycles. The highest BCUT2D eigenvalue weighted by molar-refractivity contribution is 7.92. The molecule has 18 heavy (non-hydrogen) atoms. The molecule has 1 atom stereocenters. The van der Waals surface area contributed by atoms with Crippen LogP contribution >= 0.6 is 0 Å². The van der Waals surface area contributed by atoms with E-state index in [0.717, 1.165) is 5.56 Å². The Morgan fingerprint density at radius 2 is 1.61 bits per heavy atom. The van der Waals surface area contributed by atoms with E-state index in [1.807, 2.05) is 13.8 Å². The van der Waals surface area contributed by atoms with Crippen molar-refractivity contribution in [2.45, 2.75) is 36.8 Å². The van der Waals surface area contributed by atoms with E-state index in [9.17, 15) is 13.2 Å². The molecular weight excluding hydrogens is 252 g/mol. The third kappa shape index (κ3) is 2.90. The highest BCUT2D eigenvalue weighted by Crippen LogP contribution is 2.20. The molecule has 0 aliphatic heterocycles. The normalized spacial score (nSPS) is 13.4. The van der Waals surface area contributed by atoms with Crippen molar-refractivity contribution in [3.8, 4) is 0 Å².